The fourth-order valence-electron chi connectivity index (χ4n) is 2.77. The number of para-hydroxylation sites is 1. The average molecular weight is 412 g/mol. The first-order valence-electron chi connectivity index (χ1n) is 9.54. The lowest BCUT2D eigenvalue weighted by Crippen LogP contribution is -2.32. The van der Waals surface area contributed by atoms with Crippen LogP contribution < -0.4 is 10.6 Å². The number of aromatic nitrogens is 3. The van der Waals surface area contributed by atoms with Gasteiger partial charge in [0.25, 0.3) is 0 Å². The molecule has 1 aromatic carbocycles. The van der Waals surface area contributed by atoms with Gasteiger partial charge in [-0.3, -0.25) is 9.78 Å². The van der Waals surface area contributed by atoms with E-state index in [0.29, 0.717) is 31.3 Å². The number of methoxy groups -OCH3 is 1. The minimum atomic E-state index is -0.278. The number of amides is 1. The first-order valence-corrected chi connectivity index (χ1v) is 10.4. The van der Waals surface area contributed by atoms with Gasteiger partial charge in [-0.2, -0.15) is 0 Å². The number of nitrogens with zero attached hydrogens (tertiary/aromatic N) is 3. The van der Waals surface area contributed by atoms with Gasteiger partial charge in [0.2, 0.25) is 5.91 Å². The van der Waals surface area contributed by atoms with Crippen LogP contribution >= 0.6 is 11.8 Å². The minimum absolute atomic E-state index is 0.0352. The second kappa shape index (κ2) is 10.7. The van der Waals surface area contributed by atoms with E-state index in [1.165, 1.54) is 11.8 Å². The van der Waals surface area contributed by atoms with Crippen LogP contribution in [0.3, 0.4) is 0 Å². The maximum Gasteiger partial charge on any atom is 0.233 e. The Hall–Kier alpha value is -2.71. The molecule has 3 aromatic rings. The molecule has 3 rings (SSSR count). The van der Waals surface area contributed by atoms with Gasteiger partial charge >= 0.3 is 0 Å². The molecule has 0 spiro atoms. The molecule has 0 bridgehead atoms. The molecule has 2 aromatic heterocycles. The maximum atomic E-state index is 12.7. The van der Waals surface area contributed by atoms with Crippen molar-refractivity contribution >= 4 is 34.4 Å². The number of fused-ring (bicyclic) bond motifs is 1. The van der Waals surface area contributed by atoms with Crippen LogP contribution in [0.1, 0.15) is 18.9 Å². The molecule has 0 aliphatic carbocycles. The zero-order chi connectivity index (χ0) is 20.5. The number of carbonyl (C=O) groups is 1. The summed E-state index contributed by atoms with van der Waals surface area (Å²) < 4.78 is 5.11. The van der Waals surface area contributed by atoms with Gasteiger partial charge < -0.3 is 15.4 Å². The molecule has 0 saturated heterocycles. The van der Waals surface area contributed by atoms with Crippen molar-refractivity contribution in [2.45, 2.75) is 30.3 Å². The first-order chi connectivity index (χ1) is 14.2. The number of thioether (sulfide) groups is 1. The summed E-state index contributed by atoms with van der Waals surface area (Å²) in [6.07, 6.45) is 4.14. The third-order valence-corrected chi connectivity index (χ3v) is 5.51. The first kappa shape index (κ1) is 21.0. The molecular weight excluding hydrogens is 386 g/mol. The Kier molecular flexibility index (Phi) is 7.77. The molecule has 1 amide bonds. The lowest BCUT2D eigenvalue weighted by molar-refractivity contribution is -0.120. The molecule has 1 atom stereocenters. The third-order valence-electron chi connectivity index (χ3n) is 4.28. The van der Waals surface area contributed by atoms with Gasteiger partial charge in [-0.05, 0) is 30.2 Å². The maximum absolute atomic E-state index is 12.7. The fourth-order valence-corrected chi connectivity index (χ4v) is 3.68. The molecule has 2 N–H and O–H groups in total. The summed E-state index contributed by atoms with van der Waals surface area (Å²) >= 11 is 1.38. The lowest BCUT2D eigenvalue weighted by Gasteiger charge is -2.15. The largest absolute Gasteiger partial charge is 0.383 e. The SMILES string of the molecule is CCC(Sc1nc(NCCOC)c2ccccc2n1)C(=O)NCc1cccnc1. The smallest absolute Gasteiger partial charge is 0.233 e. The van der Waals surface area contributed by atoms with Gasteiger partial charge in [-0.15, -0.1) is 0 Å². The summed E-state index contributed by atoms with van der Waals surface area (Å²) in [5, 5.41) is 7.52. The second-order valence-corrected chi connectivity index (χ2v) is 7.56. The van der Waals surface area contributed by atoms with E-state index in [2.05, 4.69) is 25.6 Å². The van der Waals surface area contributed by atoms with E-state index in [1.54, 1.807) is 19.5 Å². The van der Waals surface area contributed by atoms with Gasteiger partial charge in [0, 0.05) is 38.0 Å². The molecule has 0 aliphatic heterocycles. The highest BCUT2D eigenvalue weighted by Crippen LogP contribution is 2.28. The van der Waals surface area contributed by atoms with Crippen LogP contribution in [-0.4, -0.2) is 46.4 Å². The summed E-state index contributed by atoms with van der Waals surface area (Å²) in [6.45, 7) is 3.66. The van der Waals surface area contributed by atoms with Gasteiger partial charge in [0.05, 0.1) is 17.4 Å². The van der Waals surface area contributed by atoms with Crippen LogP contribution in [0, 0.1) is 0 Å². The topological polar surface area (TPSA) is 89.0 Å². The molecule has 0 fully saturated rings. The second-order valence-electron chi connectivity index (χ2n) is 6.39. The molecule has 29 heavy (non-hydrogen) atoms. The van der Waals surface area contributed by atoms with Crippen molar-refractivity contribution in [2.75, 3.05) is 25.6 Å². The van der Waals surface area contributed by atoms with Crippen LogP contribution in [0.5, 0.6) is 0 Å². The van der Waals surface area contributed by atoms with E-state index in [0.717, 1.165) is 22.3 Å². The van der Waals surface area contributed by atoms with Gasteiger partial charge in [-0.1, -0.05) is 36.9 Å². The van der Waals surface area contributed by atoms with Gasteiger partial charge in [0.15, 0.2) is 5.16 Å². The highest BCUT2D eigenvalue weighted by atomic mass is 32.2. The Balaban J connectivity index is 1.73. The standard InChI is InChI=1S/C21H25N5O2S/c1-3-18(20(27)24-14-15-7-6-10-22-13-15)29-21-25-17-9-5-4-8-16(17)19(26-21)23-11-12-28-2/h4-10,13,18H,3,11-12,14H2,1-2H3,(H,24,27)(H,23,25,26). The van der Waals surface area contributed by atoms with Crippen molar-refractivity contribution in [3.05, 3.63) is 54.4 Å². The third kappa shape index (κ3) is 5.88. The van der Waals surface area contributed by atoms with Crippen LogP contribution in [0.2, 0.25) is 0 Å². The van der Waals surface area contributed by atoms with Gasteiger partial charge in [-0.25, -0.2) is 9.97 Å². The van der Waals surface area contributed by atoms with Crippen LogP contribution in [0.15, 0.2) is 53.9 Å². The summed E-state index contributed by atoms with van der Waals surface area (Å²) in [7, 11) is 1.66. The molecule has 1 unspecified atom stereocenters. The predicted molar refractivity (Wildman–Crippen MR) is 116 cm³/mol. The number of ether oxygens (including phenoxy) is 1. The number of nitrogens with one attached hydrogen (secondary N) is 2. The zero-order valence-electron chi connectivity index (χ0n) is 16.6. The summed E-state index contributed by atoms with van der Waals surface area (Å²) in [5.41, 5.74) is 1.81. The van der Waals surface area contributed by atoms with E-state index in [9.17, 15) is 4.79 Å². The molecule has 0 radical (unpaired) electrons. The molecular formula is C21H25N5O2S. The van der Waals surface area contributed by atoms with Crippen molar-refractivity contribution in [3.63, 3.8) is 0 Å². The van der Waals surface area contributed by atoms with E-state index < -0.39 is 0 Å². The highest BCUT2D eigenvalue weighted by molar-refractivity contribution is 8.00. The number of hydrogen-bond donors (Lipinski definition) is 2. The zero-order valence-corrected chi connectivity index (χ0v) is 17.4. The quantitative estimate of drug-likeness (QED) is 0.301. The van der Waals surface area contributed by atoms with E-state index in [-0.39, 0.29) is 11.2 Å². The lowest BCUT2D eigenvalue weighted by atomic mass is 10.2. The molecule has 0 saturated carbocycles. The molecule has 7 nitrogen and oxygen atoms in total. The van der Waals surface area contributed by atoms with Crippen molar-refractivity contribution in [1.82, 2.24) is 20.3 Å². The van der Waals surface area contributed by atoms with Crippen LogP contribution in [-0.2, 0) is 16.1 Å². The number of benzene rings is 1. The Labute approximate surface area is 174 Å². The molecule has 0 aliphatic rings. The number of rotatable bonds is 10. The van der Waals surface area contributed by atoms with Gasteiger partial charge in [0.1, 0.15) is 5.82 Å². The summed E-state index contributed by atoms with van der Waals surface area (Å²) in [5.74, 6) is 0.716. The number of carbonyl (C=O) groups excluding carboxylic acids is 1. The fraction of sp³-hybridized carbons (Fsp3) is 0.333. The summed E-state index contributed by atoms with van der Waals surface area (Å²) in [4.78, 5) is 26.0. The average Bonchev–Trinajstić information content (AvgIpc) is 2.76. The monoisotopic (exact) mass is 411 g/mol. The van der Waals surface area contributed by atoms with Crippen molar-refractivity contribution in [1.29, 1.82) is 0 Å². The Morgan fingerprint density at radius 2 is 2.07 bits per heavy atom. The number of pyridine rings is 1. The van der Waals surface area contributed by atoms with E-state index in [4.69, 9.17) is 4.74 Å². The predicted octanol–water partition coefficient (Wildman–Crippen LogP) is 3.27. The number of anilines is 1. The Bertz CT molecular complexity index is 939. The van der Waals surface area contributed by atoms with Crippen molar-refractivity contribution < 1.29 is 9.53 Å². The Morgan fingerprint density at radius 1 is 1.21 bits per heavy atom. The Morgan fingerprint density at radius 3 is 2.83 bits per heavy atom. The van der Waals surface area contributed by atoms with Crippen molar-refractivity contribution in [3.8, 4) is 0 Å². The highest BCUT2D eigenvalue weighted by Gasteiger charge is 2.20. The van der Waals surface area contributed by atoms with Crippen molar-refractivity contribution in [2.24, 2.45) is 0 Å². The minimum Gasteiger partial charge on any atom is -0.383 e. The number of hydrogen-bond acceptors (Lipinski definition) is 7. The van der Waals surface area contributed by atoms with E-state index >= 15 is 0 Å². The molecule has 8 heteroatoms. The summed E-state index contributed by atoms with van der Waals surface area (Å²) in [6, 6.07) is 11.6. The molecule has 2 heterocycles. The van der Waals surface area contributed by atoms with Crippen LogP contribution in [0.4, 0.5) is 5.82 Å². The van der Waals surface area contributed by atoms with E-state index in [1.807, 2.05) is 43.3 Å². The molecule has 152 valence electrons. The van der Waals surface area contributed by atoms with Crippen LogP contribution in [0.25, 0.3) is 10.9 Å². The normalized spacial score (nSPS) is 11.9.